The number of aromatic amines is 1. The minimum atomic E-state index is 0.706. The first kappa shape index (κ1) is 9.73. The number of hydrogen-bond donors (Lipinski definition) is 3. The van der Waals surface area contributed by atoms with Crippen molar-refractivity contribution in [3.05, 3.63) is 30.0 Å². The van der Waals surface area contributed by atoms with E-state index in [-0.39, 0.29) is 0 Å². The molecule has 0 bridgehead atoms. The summed E-state index contributed by atoms with van der Waals surface area (Å²) < 4.78 is 0. The number of nitrogens with one attached hydrogen (secondary N) is 2. The molecule has 1 saturated carbocycles. The Bertz CT molecular complexity index is 498. The van der Waals surface area contributed by atoms with Crippen LogP contribution in [0.25, 0.3) is 10.9 Å². The Labute approximate surface area is 94.4 Å². The minimum Gasteiger partial charge on any atom is -0.358 e. The minimum absolute atomic E-state index is 0.706. The molecule has 0 amide bonds. The van der Waals surface area contributed by atoms with Gasteiger partial charge in [-0.3, -0.25) is 10.7 Å². The fourth-order valence-corrected chi connectivity index (χ4v) is 2.68. The molecule has 3 N–H and O–H groups in total. The molecule has 0 atom stereocenters. The summed E-state index contributed by atoms with van der Waals surface area (Å²) in [5.74, 6) is 0.706. The molecule has 0 spiro atoms. The number of rotatable bonds is 2. The van der Waals surface area contributed by atoms with Crippen molar-refractivity contribution < 1.29 is 5.21 Å². The van der Waals surface area contributed by atoms with Gasteiger partial charge in [-0.15, -0.1) is 0 Å². The molecule has 3 nitrogen and oxygen atoms in total. The summed E-state index contributed by atoms with van der Waals surface area (Å²) in [4.78, 5) is 3.46. The van der Waals surface area contributed by atoms with E-state index >= 15 is 0 Å². The third-order valence-corrected chi connectivity index (χ3v) is 3.57. The predicted molar refractivity (Wildman–Crippen MR) is 64.9 cm³/mol. The number of fused-ring (bicyclic) bond motifs is 1. The second-order valence-corrected chi connectivity index (χ2v) is 4.62. The maximum atomic E-state index is 8.85. The summed E-state index contributed by atoms with van der Waals surface area (Å²) in [6, 6.07) is 8.09. The molecule has 1 aliphatic rings. The Morgan fingerprint density at radius 3 is 2.75 bits per heavy atom. The van der Waals surface area contributed by atoms with Crippen LogP contribution in [0.5, 0.6) is 0 Å². The largest absolute Gasteiger partial charge is 0.358 e. The highest BCUT2D eigenvalue weighted by atomic mass is 16.5. The summed E-state index contributed by atoms with van der Waals surface area (Å²) in [5, 5.41) is 10.1. The average Bonchev–Trinajstić information content (AvgIpc) is 2.96. The Morgan fingerprint density at radius 2 is 2.00 bits per heavy atom. The van der Waals surface area contributed by atoms with Crippen LogP contribution in [-0.4, -0.2) is 10.2 Å². The first-order chi connectivity index (χ1) is 7.86. The normalized spacial score (nSPS) is 17.1. The van der Waals surface area contributed by atoms with Gasteiger partial charge in [0.1, 0.15) is 0 Å². The maximum Gasteiger partial charge on any atom is 0.0623 e. The molecule has 2 aromatic rings. The molecule has 0 saturated heterocycles. The molecule has 1 aliphatic carbocycles. The lowest BCUT2D eigenvalue weighted by molar-refractivity contribution is 0.389. The van der Waals surface area contributed by atoms with Crippen molar-refractivity contribution in [3.8, 4) is 0 Å². The van der Waals surface area contributed by atoms with Crippen LogP contribution in [0, 0.1) is 0 Å². The van der Waals surface area contributed by atoms with Crippen LogP contribution < -0.4 is 5.48 Å². The quantitative estimate of drug-likeness (QED) is 0.671. The van der Waals surface area contributed by atoms with Gasteiger partial charge < -0.3 is 4.98 Å². The van der Waals surface area contributed by atoms with Crippen LogP contribution in [0.3, 0.4) is 0 Å². The van der Waals surface area contributed by atoms with Gasteiger partial charge in [-0.05, 0) is 42.3 Å². The average molecular weight is 216 g/mol. The zero-order valence-electron chi connectivity index (χ0n) is 9.16. The van der Waals surface area contributed by atoms with E-state index in [1.807, 2.05) is 18.2 Å². The number of aromatic nitrogens is 1. The van der Waals surface area contributed by atoms with Crippen LogP contribution in [0.1, 0.15) is 37.3 Å². The van der Waals surface area contributed by atoms with Gasteiger partial charge in [0.2, 0.25) is 0 Å². The molecule has 1 heterocycles. The molecule has 0 unspecified atom stereocenters. The molecule has 3 rings (SSSR count). The second kappa shape index (κ2) is 3.83. The summed E-state index contributed by atoms with van der Waals surface area (Å²) in [7, 11) is 0. The van der Waals surface area contributed by atoms with Crippen LogP contribution in [0.15, 0.2) is 24.3 Å². The maximum absolute atomic E-state index is 8.85. The predicted octanol–water partition coefficient (Wildman–Crippen LogP) is 3.63. The van der Waals surface area contributed by atoms with Crippen LogP contribution in [0.4, 0.5) is 5.69 Å². The topological polar surface area (TPSA) is 48.0 Å². The Hall–Kier alpha value is -1.48. The second-order valence-electron chi connectivity index (χ2n) is 4.62. The molecule has 0 aliphatic heterocycles. The third kappa shape index (κ3) is 1.57. The van der Waals surface area contributed by atoms with E-state index in [2.05, 4.69) is 16.5 Å². The van der Waals surface area contributed by atoms with E-state index in [0.29, 0.717) is 5.92 Å². The van der Waals surface area contributed by atoms with Crippen molar-refractivity contribution >= 4 is 16.6 Å². The van der Waals surface area contributed by atoms with Gasteiger partial charge in [0.15, 0.2) is 0 Å². The van der Waals surface area contributed by atoms with E-state index in [9.17, 15) is 0 Å². The molecule has 0 radical (unpaired) electrons. The highest BCUT2D eigenvalue weighted by Gasteiger charge is 2.18. The summed E-state index contributed by atoms with van der Waals surface area (Å²) in [6.45, 7) is 0. The van der Waals surface area contributed by atoms with Gasteiger partial charge in [0.25, 0.3) is 0 Å². The van der Waals surface area contributed by atoms with Crippen molar-refractivity contribution in [2.24, 2.45) is 0 Å². The van der Waals surface area contributed by atoms with Gasteiger partial charge >= 0.3 is 0 Å². The zero-order chi connectivity index (χ0) is 11.0. The number of benzene rings is 1. The molecular formula is C13H16N2O. The highest BCUT2D eigenvalue weighted by molar-refractivity contribution is 5.83. The molecule has 16 heavy (non-hydrogen) atoms. The van der Waals surface area contributed by atoms with Crippen LogP contribution >= 0.6 is 0 Å². The summed E-state index contributed by atoms with van der Waals surface area (Å²) in [6.07, 6.45) is 5.31. The SMILES string of the molecule is ONc1ccc2cc(C3CCCC3)[nH]c2c1. The monoisotopic (exact) mass is 216 g/mol. The molecular weight excluding hydrogens is 200 g/mol. The van der Waals surface area contributed by atoms with Crippen molar-refractivity contribution in [1.82, 2.24) is 4.98 Å². The fourth-order valence-electron chi connectivity index (χ4n) is 2.68. The van der Waals surface area contributed by atoms with Crippen molar-refractivity contribution in [2.75, 3.05) is 5.48 Å². The van der Waals surface area contributed by atoms with Crippen molar-refractivity contribution in [3.63, 3.8) is 0 Å². The number of hydrogen-bond acceptors (Lipinski definition) is 2. The number of anilines is 1. The number of H-pyrrole nitrogens is 1. The zero-order valence-corrected chi connectivity index (χ0v) is 9.16. The fraction of sp³-hybridized carbons (Fsp3) is 0.385. The molecule has 1 aromatic heterocycles. The smallest absolute Gasteiger partial charge is 0.0623 e. The van der Waals surface area contributed by atoms with E-state index in [4.69, 9.17) is 5.21 Å². The van der Waals surface area contributed by atoms with Gasteiger partial charge in [-0.1, -0.05) is 18.9 Å². The molecule has 1 fully saturated rings. The van der Waals surface area contributed by atoms with Gasteiger partial charge in [-0.25, -0.2) is 0 Å². The molecule has 1 aromatic carbocycles. The third-order valence-electron chi connectivity index (χ3n) is 3.57. The molecule has 3 heteroatoms. The van der Waals surface area contributed by atoms with Crippen LogP contribution in [0.2, 0.25) is 0 Å². The van der Waals surface area contributed by atoms with Crippen molar-refractivity contribution in [1.29, 1.82) is 0 Å². The van der Waals surface area contributed by atoms with Gasteiger partial charge in [0.05, 0.1) is 5.69 Å². The standard InChI is InChI=1S/C13H16N2O/c16-15-11-6-5-10-7-12(14-13(10)8-11)9-3-1-2-4-9/h5-9,14-16H,1-4H2. The van der Waals surface area contributed by atoms with E-state index in [1.54, 1.807) is 0 Å². The lowest BCUT2D eigenvalue weighted by Crippen LogP contribution is -1.91. The Balaban J connectivity index is 2.01. The first-order valence-corrected chi connectivity index (χ1v) is 5.89. The summed E-state index contributed by atoms with van der Waals surface area (Å²) in [5.41, 5.74) is 5.35. The van der Waals surface area contributed by atoms with Crippen LogP contribution in [-0.2, 0) is 0 Å². The first-order valence-electron chi connectivity index (χ1n) is 5.89. The molecule has 84 valence electrons. The van der Waals surface area contributed by atoms with Gasteiger partial charge in [0, 0.05) is 11.2 Å². The Kier molecular flexibility index (Phi) is 2.33. The lowest BCUT2D eigenvalue weighted by atomic mass is 10.0. The lowest BCUT2D eigenvalue weighted by Gasteiger charge is -2.04. The van der Waals surface area contributed by atoms with Gasteiger partial charge in [-0.2, -0.15) is 0 Å². The van der Waals surface area contributed by atoms with E-state index in [1.165, 1.54) is 36.8 Å². The Morgan fingerprint density at radius 1 is 1.19 bits per heavy atom. The summed E-state index contributed by atoms with van der Waals surface area (Å²) >= 11 is 0. The van der Waals surface area contributed by atoms with Crippen molar-refractivity contribution in [2.45, 2.75) is 31.6 Å². The van der Waals surface area contributed by atoms with E-state index < -0.39 is 0 Å². The highest BCUT2D eigenvalue weighted by Crippen LogP contribution is 2.35. The van der Waals surface area contributed by atoms with E-state index in [0.717, 1.165) is 11.2 Å².